The van der Waals surface area contributed by atoms with E-state index in [-0.39, 0.29) is 33.8 Å². The number of halogens is 1. The second kappa shape index (κ2) is 6.04. The van der Waals surface area contributed by atoms with Crippen LogP contribution in [0.5, 0.6) is 5.88 Å². The number of nitrogens with zero attached hydrogens (tertiary/aromatic N) is 2. The molecule has 5 nitrogen and oxygen atoms in total. The fourth-order valence-corrected chi connectivity index (χ4v) is 2.52. The summed E-state index contributed by atoms with van der Waals surface area (Å²) in [5.41, 5.74) is -0.496. The number of rotatable bonds is 3. The molecule has 1 aromatic heterocycles. The van der Waals surface area contributed by atoms with Crippen molar-refractivity contribution in [3.05, 3.63) is 61.9 Å². The normalized spacial score (nSPS) is 10.3. The molecule has 1 heterocycles. The highest BCUT2D eigenvalue weighted by Crippen LogP contribution is 2.27. The van der Waals surface area contributed by atoms with Gasteiger partial charge in [0.25, 0.3) is 5.56 Å². The Morgan fingerprint density at radius 2 is 2.05 bits per heavy atom. The molecule has 0 spiro atoms. The van der Waals surface area contributed by atoms with Crippen LogP contribution in [-0.4, -0.2) is 15.5 Å². The molecule has 0 unspecified atom stereocenters. The molecule has 0 bridgehead atoms. The first-order chi connectivity index (χ1) is 10.4. The van der Waals surface area contributed by atoms with Gasteiger partial charge >= 0.3 is 0 Å². The third-order valence-electron chi connectivity index (χ3n) is 3.46. The molecule has 112 valence electrons. The summed E-state index contributed by atoms with van der Waals surface area (Å²) in [6.07, 6.45) is 0. The number of ketones is 1. The topological polar surface area (TPSA) is 83.1 Å². The van der Waals surface area contributed by atoms with Crippen LogP contribution in [0.3, 0.4) is 0 Å². The molecule has 2 rings (SSSR count). The number of carbonyl (C=O) groups is 1. The zero-order chi connectivity index (χ0) is 16.4. The van der Waals surface area contributed by atoms with Gasteiger partial charge in [0, 0.05) is 12.1 Å². The summed E-state index contributed by atoms with van der Waals surface area (Å²) in [6.45, 7) is 3.24. The molecule has 0 saturated carbocycles. The molecule has 6 heteroatoms. The molecule has 2 aromatic rings. The monoisotopic (exact) mass is 316 g/mol. The van der Waals surface area contributed by atoms with Crippen LogP contribution in [0.1, 0.15) is 34.0 Å². The van der Waals surface area contributed by atoms with Gasteiger partial charge in [-0.2, -0.15) is 5.26 Å². The summed E-state index contributed by atoms with van der Waals surface area (Å²) in [7, 11) is 0. The van der Waals surface area contributed by atoms with E-state index in [0.29, 0.717) is 0 Å². The van der Waals surface area contributed by atoms with Crippen molar-refractivity contribution in [3.63, 3.8) is 0 Å². The van der Waals surface area contributed by atoms with Gasteiger partial charge in [-0.05, 0) is 31.5 Å². The lowest BCUT2D eigenvalue weighted by Crippen LogP contribution is -2.26. The molecule has 1 aromatic carbocycles. The molecule has 0 radical (unpaired) electrons. The summed E-state index contributed by atoms with van der Waals surface area (Å²) >= 11 is 6.02. The van der Waals surface area contributed by atoms with Gasteiger partial charge in [0.2, 0.25) is 5.88 Å². The minimum atomic E-state index is -0.615. The van der Waals surface area contributed by atoms with Gasteiger partial charge in [-0.15, -0.1) is 0 Å². The summed E-state index contributed by atoms with van der Waals surface area (Å²) in [5, 5.41) is 19.7. The number of nitriles is 1. The quantitative estimate of drug-likeness (QED) is 0.882. The molecule has 0 amide bonds. The van der Waals surface area contributed by atoms with Crippen LogP contribution in [0.15, 0.2) is 29.1 Å². The third kappa shape index (κ3) is 2.38. The Morgan fingerprint density at radius 1 is 1.41 bits per heavy atom. The van der Waals surface area contributed by atoms with Gasteiger partial charge in [-0.3, -0.25) is 14.2 Å². The number of pyridine rings is 1. The third-order valence-corrected chi connectivity index (χ3v) is 3.79. The Balaban J connectivity index is 2.82. The maximum absolute atomic E-state index is 12.7. The van der Waals surface area contributed by atoms with Crippen molar-refractivity contribution in [1.29, 1.82) is 5.26 Å². The van der Waals surface area contributed by atoms with Crippen LogP contribution in [-0.2, 0) is 6.54 Å². The molecule has 1 N–H and O–H groups in total. The number of hydrogen-bond acceptors (Lipinski definition) is 4. The second-order valence-corrected chi connectivity index (χ2v) is 5.08. The first kappa shape index (κ1) is 15.8. The van der Waals surface area contributed by atoms with E-state index < -0.39 is 17.2 Å². The number of aromatic hydroxyl groups is 1. The molecule has 0 aliphatic carbocycles. The highest BCUT2D eigenvalue weighted by atomic mass is 35.5. The van der Waals surface area contributed by atoms with Gasteiger partial charge in [0.15, 0.2) is 5.78 Å². The van der Waals surface area contributed by atoms with Crippen molar-refractivity contribution in [3.8, 4) is 11.9 Å². The average Bonchev–Trinajstić information content (AvgIpc) is 2.48. The number of benzene rings is 1. The zero-order valence-corrected chi connectivity index (χ0v) is 12.8. The number of hydrogen-bond donors (Lipinski definition) is 1. The highest BCUT2D eigenvalue weighted by Gasteiger charge is 2.25. The molecule has 0 fully saturated rings. The van der Waals surface area contributed by atoms with Gasteiger partial charge in [0.05, 0.1) is 10.6 Å². The maximum Gasteiger partial charge on any atom is 0.271 e. The lowest BCUT2D eigenvalue weighted by atomic mass is 9.97. The molecule has 0 aliphatic heterocycles. The highest BCUT2D eigenvalue weighted by molar-refractivity contribution is 6.35. The van der Waals surface area contributed by atoms with E-state index in [4.69, 9.17) is 16.9 Å². The zero-order valence-electron chi connectivity index (χ0n) is 12.1. The van der Waals surface area contributed by atoms with Gasteiger partial charge in [-0.1, -0.05) is 23.7 Å². The van der Waals surface area contributed by atoms with Crippen LogP contribution in [0.4, 0.5) is 0 Å². The Kier molecular flexibility index (Phi) is 4.34. The lowest BCUT2D eigenvalue weighted by Gasteiger charge is -2.14. The summed E-state index contributed by atoms with van der Waals surface area (Å²) < 4.78 is 0.996. The van der Waals surface area contributed by atoms with Crippen molar-refractivity contribution < 1.29 is 9.90 Å². The van der Waals surface area contributed by atoms with Crippen LogP contribution in [0, 0.1) is 18.3 Å². The molecule has 0 saturated heterocycles. The largest absolute Gasteiger partial charge is 0.494 e. The van der Waals surface area contributed by atoms with Crippen molar-refractivity contribution >= 4 is 17.4 Å². The van der Waals surface area contributed by atoms with Crippen LogP contribution < -0.4 is 5.56 Å². The van der Waals surface area contributed by atoms with Gasteiger partial charge in [-0.25, -0.2) is 0 Å². The smallest absolute Gasteiger partial charge is 0.271 e. The van der Waals surface area contributed by atoms with Crippen molar-refractivity contribution in [1.82, 2.24) is 4.57 Å². The lowest BCUT2D eigenvalue weighted by molar-refractivity contribution is 0.103. The first-order valence-corrected chi connectivity index (χ1v) is 6.97. The van der Waals surface area contributed by atoms with Gasteiger partial charge < -0.3 is 5.11 Å². The fraction of sp³-hybridized carbons (Fsp3) is 0.188. The Labute approximate surface area is 132 Å². The van der Waals surface area contributed by atoms with E-state index in [9.17, 15) is 14.7 Å². The van der Waals surface area contributed by atoms with E-state index in [1.807, 2.05) is 0 Å². The molecule has 0 atom stereocenters. The fourth-order valence-electron chi connectivity index (χ4n) is 2.30. The Morgan fingerprint density at radius 3 is 2.59 bits per heavy atom. The SMILES string of the molecule is CCn1c(O)c(C(=O)c2ccccc2Cl)c(C)c(C#N)c1=O. The van der Waals surface area contributed by atoms with E-state index in [1.54, 1.807) is 31.2 Å². The predicted octanol–water partition coefficient (Wildman–Crippen LogP) is 2.64. The second-order valence-electron chi connectivity index (χ2n) is 4.67. The summed E-state index contributed by atoms with van der Waals surface area (Å²) in [5.74, 6) is -0.979. The molecule has 0 aliphatic rings. The minimum Gasteiger partial charge on any atom is -0.494 e. The molecule has 22 heavy (non-hydrogen) atoms. The predicted molar refractivity (Wildman–Crippen MR) is 82.4 cm³/mol. The minimum absolute atomic E-state index is 0.0777. The van der Waals surface area contributed by atoms with E-state index in [0.717, 1.165) is 4.57 Å². The number of carbonyl (C=O) groups excluding carboxylic acids is 1. The number of aromatic nitrogens is 1. The summed E-state index contributed by atoms with van der Waals surface area (Å²) in [6, 6.07) is 8.21. The first-order valence-electron chi connectivity index (χ1n) is 6.59. The summed E-state index contributed by atoms with van der Waals surface area (Å²) in [4.78, 5) is 24.8. The van der Waals surface area contributed by atoms with Crippen molar-refractivity contribution in [2.24, 2.45) is 0 Å². The maximum atomic E-state index is 12.7. The van der Waals surface area contributed by atoms with E-state index >= 15 is 0 Å². The van der Waals surface area contributed by atoms with Gasteiger partial charge in [0.1, 0.15) is 11.6 Å². The standard InChI is InChI=1S/C16H13ClN2O3/c1-3-19-15(21)11(8-18)9(2)13(16(19)22)14(20)10-6-4-5-7-12(10)17/h4-7,22H,3H2,1-2H3. The molecular weight excluding hydrogens is 304 g/mol. The van der Waals surface area contributed by atoms with Crippen LogP contribution in [0.2, 0.25) is 5.02 Å². The van der Waals surface area contributed by atoms with Crippen molar-refractivity contribution in [2.45, 2.75) is 20.4 Å². The van der Waals surface area contributed by atoms with E-state index in [2.05, 4.69) is 0 Å². The van der Waals surface area contributed by atoms with E-state index in [1.165, 1.54) is 13.0 Å². The van der Waals surface area contributed by atoms with Crippen molar-refractivity contribution in [2.75, 3.05) is 0 Å². The average molecular weight is 317 g/mol. The Bertz CT molecular complexity index is 863. The molecular formula is C16H13ClN2O3. The van der Waals surface area contributed by atoms with Crippen LogP contribution >= 0.6 is 11.6 Å². The van der Waals surface area contributed by atoms with Crippen LogP contribution in [0.25, 0.3) is 0 Å². The Hall–Kier alpha value is -2.58.